The van der Waals surface area contributed by atoms with Crippen molar-refractivity contribution in [1.29, 1.82) is 0 Å². The fourth-order valence-electron chi connectivity index (χ4n) is 2.19. The average molecular weight is 321 g/mol. The van der Waals surface area contributed by atoms with Crippen LogP contribution in [-0.4, -0.2) is 9.78 Å². The number of hydrogen-bond donors (Lipinski definition) is 2. The number of rotatable bonds is 3. The van der Waals surface area contributed by atoms with Crippen LogP contribution >= 0.6 is 15.9 Å². The lowest BCUT2D eigenvalue weighted by molar-refractivity contribution is 0.458. The third kappa shape index (κ3) is 2.07. The Morgan fingerprint density at radius 2 is 2.21 bits per heavy atom. The molecule has 5 nitrogen and oxygen atoms in total. The van der Waals surface area contributed by atoms with Crippen LogP contribution in [0.2, 0.25) is 0 Å². The largest absolute Gasteiger partial charge is 0.459 e. The number of fused-ring (bicyclic) bond motifs is 1. The van der Waals surface area contributed by atoms with Gasteiger partial charge in [-0.3, -0.25) is 10.5 Å². The number of nitrogens with zero attached hydrogens (tertiary/aromatic N) is 2. The molecular weight excluding hydrogens is 308 g/mol. The summed E-state index contributed by atoms with van der Waals surface area (Å²) in [6.45, 7) is 0. The number of nitrogens with two attached hydrogens (primary N) is 1. The van der Waals surface area contributed by atoms with Crippen LogP contribution in [-0.2, 0) is 7.05 Å². The van der Waals surface area contributed by atoms with Crippen molar-refractivity contribution in [2.75, 3.05) is 0 Å². The van der Waals surface area contributed by atoms with Crippen molar-refractivity contribution in [1.82, 2.24) is 15.2 Å². The summed E-state index contributed by atoms with van der Waals surface area (Å²) in [6, 6.07) is 9.60. The predicted octanol–water partition coefficient (Wildman–Crippen LogP) is 2.48. The Morgan fingerprint density at radius 3 is 2.84 bits per heavy atom. The molecule has 0 spiro atoms. The first-order chi connectivity index (χ1) is 9.20. The molecule has 0 aliphatic rings. The maximum atomic E-state index is 5.85. The minimum absolute atomic E-state index is 0.255. The van der Waals surface area contributed by atoms with E-state index in [-0.39, 0.29) is 6.04 Å². The Kier molecular flexibility index (Phi) is 3.14. The second kappa shape index (κ2) is 4.80. The number of hydrazine groups is 1. The van der Waals surface area contributed by atoms with Crippen molar-refractivity contribution in [3.8, 4) is 0 Å². The van der Waals surface area contributed by atoms with Gasteiger partial charge in [0, 0.05) is 12.4 Å². The molecule has 3 rings (SSSR count). The fourth-order valence-corrected chi connectivity index (χ4v) is 2.76. The molecule has 3 N–H and O–H groups in total. The summed E-state index contributed by atoms with van der Waals surface area (Å²) in [7, 11) is 1.87. The van der Waals surface area contributed by atoms with Crippen molar-refractivity contribution in [2.24, 2.45) is 12.9 Å². The van der Waals surface area contributed by atoms with Gasteiger partial charge in [-0.15, -0.1) is 0 Å². The van der Waals surface area contributed by atoms with Crippen LogP contribution in [0.1, 0.15) is 17.5 Å². The molecule has 1 atom stereocenters. The van der Waals surface area contributed by atoms with Crippen molar-refractivity contribution >= 4 is 26.9 Å². The van der Waals surface area contributed by atoms with Gasteiger partial charge in [0.05, 0.1) is 16.4 Å². The van der Waals surface area contributed by atoms with Crippen LogP contribution in [0.3, 0.4) is 0 Å². The van der Waals surface area contributed by atoms with E-state index in [0.717, 1.165) is 26.9 Å². The van der Waals surface area contributed by atoms with Gasteiger partial charge in [-0.2, -0.15) is 5.10 Å². The van der Waals surface area contributed by atoms with Crippen molar-refractivity contribution < 1.29 is 4.42 Å². The number of furan rings is 1. The van der Waals surface area contributed by atoms with E-state index >= 15 is 0 Å². The van der Waals surface area contributed by atoms with Gasteiger partial charge in [-0.1, -0.05) is 18.2 Å². The molecule has 19 heavy (non-hydrogen) atoms. The third-order valence-electron chi connectivity index (χ3n) is 3.11. The summed E-state index contributed by atoms with van der Waals surface area (Å²) < 4.78 is 8.50. The number of hydrogen-bond acceptors (Lipinski definition) is 4. The number of benzene rings is 1. The number of aryl methyl sites for hydroxylation is 1. The molecule has 0 radical (unpaired) electrons. The van der Waals surface area contributed by atoms with E-state index < -0.39 is 0 Å². The highest BCUT2D eigenvalue weighted by Gasteiger charge is 2.23. The number of aromatic nitrogens is 2. The Labute approximate surface area is 118 Å². The zero-order valence-corrected chi connectivity index (χ0v) is 11.9. The predicted molar refractivity (Wildman–Crippen MR) is 76.3 cm³/mol. The van der Waals surface area contributed by atoms with Gasteiger partial charge in [0.1, 0.15) is 17.4 Å². The monoisotopic (exact) mass is 320 g/mol. The summed E-state index contributed by atoms with van der Waals surface area (Å²) in [4.78, 5) is 0. The van der Waals surface area contributed by atoms with Gasteiger partial charge in [0.2, 0.25) is 0 Å². The average Bonchev–Trinajstić information content (AvgIpc) is 2.97. The minimum atomic E-state index is -0.255. The maximum absolute atomic E-state index is 5.85. The molecule has 98 valence electrons. The van der Waals surface area contributed by atoms with Gasteiger partial charge in [-0.05, 0) is 28.1 Å². The van der Waals surface area contributed by atoms with Crippen molar-refractivity contribution in [2.45, 2.75) is 6.04 Å². The SMILES string of the molecule is Cn1ncc(Br)c1C(NN)c1cc2ccccc2o1. The summed E-state index contributed by atoms with van der Waals surface area (Å²) >= 11 is 3.48. The number of nitrogens with one attached hydrogen (secondary N) is 1. The minimum Gasteiger partial charge on any atom is -0.459 e. The second-order valence-corrected chi connectivity index (χ2v) is 5.14. The number of halogens is 1. The Hall–Kier alpha value is -1.63. The molecule has 0 bridgehead atoms. The topological polar surface area (TPSA) is 69.0 Å². The van der Waals surface area contributed by atoms with Crippen LogP contribution in [0.4, 0.5) is 0 Å². The Bertz CT molecular complexity index is 666. The van der Waals surface area contributed by atoms with Gasteiger partial charge in [-0.25, -0.2) is 5.43 Å². The molecule has 0 fully saturated rings. The highest BCUT2D eigenvalue weighted by molar-refractivity contribution is 9.10. The van der Waals surface area contributed by atoms with E-state index in [0.29, 0.717) is 0 Å². The number of para-hydroxylation sites is 1. The molecule has 0 saturated heterocycles. The molecule has 0 aliphatic carbocycles. The van der Waals surface area contributed by atoms with Crippen LogP contribution in [0.5, 0.6) is 0 Å². The summed E-state index contributed by atoms with van der Waals surface area (Å²) in [6.07, 6.45) is 1.74. The zero-order chi connectivity index (χ0) is 13.4. The first-order valence-corrected chi connectivity index (χ1v) is 6.62. The first-order valence-electron chi connectivity index (χ1n) is 5.82. The smallest absolute Gasteiger partial charge is 0.134 e. The second-order valence-electron chi connectivity index (χ2n) is 4.29. The van der Waals surface area contributed by atoms with Crippen molar-refractivity contribution in [3.63, 3.8) is 0 Å². The van der Waals surface area contributed by atoms with Crippen LogP contribution < -0.4 is 11.3 Å². The molecule has 6 heteroatoms. The molecule has 0 aliphatic heterocycles. The van der Waals surface area contributed by atoms with Gasteiger partial charge < -0.3 is 4.42 Å². The van der Waals surface area contributed by atoms with E-state index in [1.807, 2.05) is 37.4 Å². The van der Waals surface area contributed by atoms with Crippen LogP contribution in [0.15, 0.2) is 45.4 Å². The molecule has 2 aromatic heterocycles. The highest BCUT2D eigenvalue weighted by atomic mass is 79.9. The van der Waals surface area contributed by atoms with E-state index in [1.165, 1.54) is 0 Å². The van der Waals surface area contributed by atoms with Gasteiger partial charge >= 0.3 is 0 Å². The van der Waals surface area contributed by atoms with E-state index in [2.05, 4.69) is 26.5 Å². The summed E-state index contributed by atoms with van der Waals surface area (Å²) in [5.41, 5.74) is 4.54. The lowest BCUT2D eigenvalue weighted by atomic mass is 10.1. The lowest BCUT2D eigenvalue weighted by Gasteiger charge is -2.14. The molecule has 2 heterocycles. The first kappa shape index (κ1) is 12.4. The molecule has 0 saturated carbocycles. The van der Waals surface area contributed by atoms with E-state index in [9.17, 15) is 0 Å². The molecule has 1 aromatic carbocycles. The zero-order valence-electron chi connectivity index (χ0n) is 10.3. The summed E-state index contributed by atoms with van der Waals surface area (Å²) in [5, 5.41) is 5.25. The van der Waals surface area contributed by atoms with Gasteiger partial charge in [0.25, 0.3) is 0 Å². The Morgan fingerprint density at radius 1 is 1.42 bits per heavy atom. The summed E-state index contributed by atoms with van der Waals surface area (Å²) in [5.74, 6) is 6.44. The molecular formula is C13H13BrN4O. The molecule has 0 amide bonds. The molecule has 1 unspecified atom stereocenters. The third-order valence-corrected chi connectivity index (χ3v) is 3.72. The quantitative estimate of drug-likeness (QED) is 0.574. The standard InChI is InChI=1S/C13H13BrN4O/c1-18-13(9(14)7-16-18)12(17-15)11-6-8-4-2-3-5-10(8)19-11/h2-7,12,17H,15H2,1H3. The normalized spacial score (nSPS) is 13.0. The van der Waals surface area contributed by atoms with E-state index in [1.54, 1.807) is 10.9 Å². The van der Waals surface area contributed by atoms with Crippen molar-refractivity contribution in [3.05, 3.63) is 52.5 Å². The lowest BCUT2D eigenvalue weighted by Crippen LogP contribution is -2.30. The molecule has 3 aromatic rings. The van der Waals surface area contributed by atoms with Crippen LogP contribution in [0.25, 0.3) is 11.0 Å². The Balaban J connectivity index is 2.12. The van der Waals surface area contributed by atoms with Crippen LogP contribution in [0, 0.1) is 0 Å². The van der Waals surface area contributed by atoms with Gasteiger partial charge in [0.15, 0.2) is 0 Å². The highest BCUT2D eigenvalue weighted by Crippen LogP contribution is 2.31. The fraction of sp³-hybridized carbons (Fsp3) is 0.154. The van der Waals surface area contributed by atoms with E-state index in [4.69, 9.17) is 10.3 Å². The maximum Gasteiger partial charge on any atom is 0.134 e.